The lowest BCUT2D eigenvalue weighted by Crippen LogP contribution is -2.49. The van der Waals surface area contributed by atoms with Crippen molar-refractivity contribution in [3.05, 3.63) is 29.3 Å². The van der Waals surface area contributed by atoms with Gasteiger partial charge in [0.25, 0.3) is 11.8 Å². The number of aryl methyl sites for hydroxylation is 1. The summed E-state index contributed by atoms with van der Waals surface area (Å²) in [6.45, 7) is 2.62. The van der Waals surface area contributed by atoms with E-state index in [2.05, 4.69) is 17.6 Å². The van der Waals surface area contributed by atoms with E-state index in [4.69, 9.17) is 4.99 Å². The van der Waals surface area contributed by atoms with Crippen molar-refractivity contribution in [2.45, 2.75) is 89.3 Å². The predicted octanol–water partition coefficient (Wildman–Crippen LogP) is 4.47. The van der Waals surface area contributed by atoms with Gasteiger partial charge in [-0.2, -0.15) is 13.2 Å². The Morgan fingerprint density at radius 3 is 2.32 bits per heavy atom. The van der Waals surface area contributed by atoms with Crippen molar-refractivity contribution in [1.29, 1.82) is 0 Å². The molecule has 1 spiro atoms. The van der Waals surface area contributed by atoms with Crippen LogP contribution in [-0.2, 0) is 33.2 Å². The van der Waals surface area contributed by atoms with Gasteiger partial charge in [-0.25, -0.2) is 18.2 Å². The fraction of sp³-hybridized carbons (Fsp3) is 0.643. The molecule has 0 radical (unpaired) electrons. The van der Waals surface area contributed by atoms with Crippen LogP contribution in [0.15, 0.2) is 23.2 Å². The summed E-state index contributed by atoms with van der Waals surface area (Å²) in [5.74, 6) is -0.0716. The molecule has 0 bridgehead atoms. The van der Waals surface area contributed by atoms with Gasteiger partial charge in [0, 0.05) is 25.3 Å². The number of nitrogens with zero attached hydrogens (tertiary/aromatic N) is 3. The van der Waals surface area contributed by atoms with E-state index in [-0.39, 0.29) is 35.9 Å². The molecule has 13 heteroatoms. The lowest BCUT2D eigenvalue weighted by Gasteiger charge is -2.34. The molecule has 4 rings (SSSR count). The molecule has 9 nitrogen and oxygen atoms in total. The van der Waals surface area contributed by atoms with Gasteiger partial charge >= 0.3 is 12.2 Å². The van der Waals surface area contributed by atoms with Crippen molar-refractivity contribution in [1.82, 2.24) is 14.9 Å². The summed E-state index contributed by atoms with van der Waals surface area (Å²) in [5.41, 5.74) is -2.05. The molecule has 2 saturated heterocycles. The number of amidine groups is 1. The maximum absolute atomic E-state index is 13.8. The molecule has 1 aromatic carbocycles. The summed E-state index contributed by atoms with van der Waals surface area (Å²) < 4.78 is 56.3. The van der Waals surface area contributed by atoms with Crippen LogP contribution in [0.3, 0.4) is 0 Å². The first kappa shape index (κ1) is 31.1. The molecule has 226 valence electrons. The average Bonchev–Trinajstić information content (AvgIpc) is 3.43. The van der Waals surface area contributed by atoms with Crippen molar-refractivity contribution in [2.75, 3.05) is 30.3 Å². The fourth-order valence-corrected chi connectivity index (χ4v) is 6.79. The van der Waals surface area contributed by atoms with Crippen molar-refractivity contribution in [3.8, 4) is 0 Å². The van der Waals surface area contributed by atoms with Gasteiger partial charge in [-0.3, -0.25) is 14.6 Å². The number of aliphatic imine (C=N–C) groups is 1. The fourth-order valence-electron chi connectivity index (χ4n) is 5.55. The Labute approximate surface area is 240 Å². The van der Waals surface area contributed by atoms with Crippen LogP contribution >= 0.6 is 0 Å². The van der Waals surface area contributed by atoms with E-state index in [0.717, 1.165) is 31.2 Å². The molecule has 0 aromatic heterocycles. The molecule has 0 saturated carbocycles. The highest BCUT2D eigenvalue weighted by atomic mass is 32.2. The summed E-state index contributed by atoms with van der Waals surface area (Å²) >= 11 is 0. The first-order valence-electron chi connectivity index (χ1n) is 14.4. The number of carbonyl (C=O) groups is 3. The van der Waals surface area contributed by atoms with Crippen molar-refractivity contribution < 1.29 is 31.8 Å². The number of alkyl halides is 3. The molecule has 0 aliphatic carbocycles. The number of nitrogens with one attached hydrogen (secondary N) is 2. The molecule has 3 aliphatic heterocycles. The maximum Gasteiger partial charge on any atom is 0.416 e. The van der Waals surface area contributed by atoms with Gasteiger partial charge in [0.15, 0.2) is 0 Å². The first-order chi connectivity index (χ1) is 19.5. The summed E-state index contributed by atoms with van der Waals surface area (Å²) in [6.07, 6.45) is 4.92. The number of anilines is 1. The molecule has 4 amide bonds. The number of rotatable bonds is 13. The average molecular weight is 598 g/mol. The maximum atomic E-state index is 13.8. The highest BCUT2D eigenvalue weighted by molar-refractivity contribution is 7.82. The third kappa shape index (κ3) is 7.54. The van der Waals surface area contributed by atoms with E-state index in [1.165, 1.54) is 44.2 Å². The van der Waals surface area contributed by atoms with Gasteiger partial charge in [0.1, 0.15) is 11.4 Å². The van der Waals surface area contributed by atoms with Gasteiger partial charge in [-0.05, 0) is 43.4 Å². The monoisotopic (exact) mass is 597 g/mol. The minimum absolute atomic E-state index is 0.0302. The Kier molecular flexibility index (Phi) is 10.2. The Morgan fingerprint density at radius 1 is 1.00 bits per heavy atom. The normalized spacial score (nSPS) is 20.0. The van der Waals surface area contributed by atoms with Crippen LogP contribution in [0.25, 0.3) is 0 Å². The summed E-state index contributed by atoms with van der Waals surface area (Å²) in [5, 5.41) is 5.21. The number of benzene rings is 1. The van der Waals surface area contributed by atoms with E-state index in [0.29, 0.717) is 30.8 Å². The zero-order chi connectivity index (χ0) is 29.6. The third-order valence-corrected chi connectivity index (χ3v) is 9.43. The topological polar surface area (TPSA) is 111 Å². The molecule has 2 fully saturated rings. The van der Waals surface area contributed by atoms with Crippen LogP contribution in [0.2, 0.25) is 0 Å². The number of hydrogen-bond acceptors (Lipinski definition) is 5. The summed E-state index contributed by atoms with van der Waals surface area (Å²) in [6, 6.07) is 2.53. The number of imide groups is 1. The molecular weight excluding hydrogens is 559 g/mol. The molecule has 1 unspecified atom stereocenters. The first-order valence-corrected chi connectivity index (χ1v) is 15.7. The van der Waals surface area contributed by atoms with Crippen LogP contribution < -0.4 is 15.5 Å². The largest absolute Gasteiger partial charge is 0.416 e. The standard InChI is InChI=1S/C28H38F3N5O4S/c1-2-3-4-5-6-7-8-9-23-33-25(38)27(34-23)13-15-35(16-14-27)41(40)17-12-20-10-11-21(18-22(20)28(29,30)31)36-24(37)19-32-26(36)39/h10-11,18H,2-9,12-17,19H2,1H3,(H,32,39)(H,33,34,38). The molecule has 3 aliphatic rings. The lowest BCUT2D eigenvalue weighted by atomic mass is 9.89. The van der Waals surface area contributed by atoms with E-state index in [9.17, 15) is 31.8 Å². The van der Waals surface area contributed by atoms with Gasteiger partial charge in [0.2, 0.25) is 0 Å². The quantitative estimate of drug-likeness (QED) is 0.258. The number of piperidine rings is 1. The molecule has 3 heterocycles. The number of carbonyl (C=O) groups excluding carboxylic acids is 3. The zero-order valence-corrected chi connectivity index (χ0v) is 24.2. The lowest BCUT2D eigenvalue weighted by molar-refractivity contribution is -0.138. The SMILES string of the molecule is CCCCCCCCCC1=NC2(CCN(S(=O)CCc3ccc(N4C(=O)CNC4=O)cc3C(F)(F)F)CC2)C(=O)N1. The van der Waals surface area contributed by atoms with Crippen molar-refractivity contribution in [3.63, 3.8) is 0 Å². The Hall–Kier alpha value is -2.80. The van der Waals surface area contributed by atoms with E-state index in [1.807, 2.05) is 0 Å². The minimum Gasteiger partial charge on any atom is -0.328 e. The Bertz CT molecular complexity index is 1180. The van der Waals surface area contributed by atoms with E-state index in [1.54, 1.807) is 4.31 Å². The highest BCUT2D eigenvalue weighted by Crippen LogP contribution is 2.36. The van der Waals surface area contributed by atoms with Gasteiger partial charge < -0.3 is 10.6 Å². The number of halogens is 3. The number of amides is 4. The molecule has 2 N–H and O–H groups in total. The van der Waals surface area contributed by atoms with Crippen LogP contribution in [0.4, 0.5) is 23.7 Å². The molecular formula is C28H38F3N5O4S. The van der Waals surface area contributed by atoms with E-state index < -0.39 is 40.2 Å². The smallest absolute Gasteiger partial charge is 0.328 e. The number of urea groups is 1. The van der Waals surface area contributed by atoms with Gasteiger partial charge in [-0.15, -0.1) is 0 Å². The Balaban J connectivity index is 1.29. The van der Waals surface area contributed by atoms with Crippen LogP contribution in [0.5, 0.6) is 0 Å². The minimum atomic E-state index is -4.72. The second-order valence-corrected chi connectivity index (χ2v) is 12.4. The summed E-state index contributed by atoms with van der Waals surface area (Å²) in [4.78, 5) is 42.0. The highest BCUT2D eigenvalue weighted by Gasteiger charge is 2.46. The predicted molar refractivity (Wildman–Crippen MR) is 151 cm³/mol. The molecule has 1 aromatic rings. The Morgan fingerprint density at radius 2 is 1.68 bits per heavy atom. The summed E-state index contributed by atoms with van der Waals surface area (Å²) in [7, 11) is -1.55. The van der Waals surface area contributed by atoms with E-state index >= 15 is 0 Å². The van der Waals surface area contributed by atoms with Gasteiger partial charge in [-0.1, -0.05) is 51.5 Å². The third-order valence-electron chi connectivity index (χ3n) is 7.93. The molecule has 1 atom stereocenters. The molecule has 41 heavy (non-hydrogen) atoms. The van der Waals surface area contributed by atoms with Crippen LogP contribution in [0, 0.1) is 0 Å². The van der Waals surface area contributed by atoms with Crippen LogP contribution in [0.1, 0.15) is 82.3 Å². The zero-order valence-electron chi connectivity index (χ0n) is 23.4. The number of unbranched alkanes of at least 4 members (excludes halogenated alkanes) is 6. The van der Waals surface area contributed by atoms with Crippen molar-refractivity contribution >= 4 is 40.4 Å². The second kappa shape index (κ2) is 13.5. The second-order valence-electron chi connectivity index (χ2n) is 10.8. The van der Waals surface area contributed by atoms with Crippen LogP contribution in [-0.4, -0.2) is 63.1 Å². The van der Waals surface area contributed by atoms with Gasteiger partial charge in [0.05, 0.1) is 28.8 Å². The van der Waals surface area contributed by atoms with Crippen molar-refractivity contribution in [2.24, 2.45) is 4.99 Å². The number of hydrogen-bond donors (Lipinski definition) is 2.